The van der Waals surface area contributed by atoms with Gasteiger partial charge >= 0.3 is 0 Å². The molecule has 0 aliphatic heterocycles. The van der Waals surface area contributed by atoms with Crippen LogP contribution in [0.15, 0.2) is 25.3 Å². The first-order chi connectivity index (χ1) is 7.14. The van der Waals surface area contributed by atoms with Gasteiger partial charge in [-0.25, -0.2) is 0 Å². The maximum Gasteiger partial charge on any atom is 0.101 e. The van der Waals surface area contributed by atoms with Gasteiger partial charge in [-0.2, -0.15) is 5.26 Å². The van der Waals surface area contributed by atoms with Gasteiger partial charge in [0.2, 0.25) is 0 Å². The van der Waals surface area contributed by atoms with Gasteiger partial charge in [-0.3, -0.25) is 0 Å². The third-order valence-electron chi connectivity index (χ3n) is 3.53. The second-order valence-electron chi connectivity index (χ2n) is 4.38. The van der Waals surface area contributed by atoms with Crippen LogP contribution >= 0.6 is 0 Å². The predicted molar refractivity (Wildman–Crippen MR) is 61.1 cm³/mol. The van der Waals surface area contributed by atoms with Gasteiger partial charge in [-0.05, 0) is 19.3 Å². The molecule has 2 heteroatoms. The molecule has 1 aliphatic carbocycles. The average molecular weight is 205 g/mol. The zero-order chi connectivity index (χ0) is 11.4. The summed E-state index contributed by atoms with van der Waals surface area (Å²) in [6.45, 7) is 7.37. The molecule has 0 heterocycles. The second kappa shape index (κ2) is 4.63. The summed E-state index contributed by atoms with van der Waals surface area (Å²) in [5.41, 5.74) is -1.76. The molecule has 2 nitrogen and oxygen atoms in total. The molecule has 1 rings (SSSR count). The van der Waals surface area contributed by atoms with Crippen molar-refractivity contribution in [3.05, 3.63) is 25.3 Å². The van der Waals surface area contributed by atoms with Crippen molar-refractivity contribution in [2.45, 2.75) is 44.1 Å². The lowest BCUT2D eigenvalue weighted by Crippen LogP contribution is -2.44. The predicted octanol–water partition coefficient (Wildman–Crippen LogP) is 2.95. The third kappa shape index (κ3) is 1.98. The molecule has 0 aromatic carbocycles. The van der Waals surface area contributed by atoms with Gasteiger partial charge in [0.25, 0.3) is 0 Å². The first kappa shape index (κ1) is 12.0. The number of hydrogen-bond donors (Lipinski definition) is 1. The van der Waals surface area contributed by atoms with Crippen LogP contribution in [0.2, 0.25) is 0 Å². The zero-order valence-corrected chi connectivity index (χ0v) is 9.21. The van der Waals surface area contributed by atoms with Gasteiger partial charge in [0.05, 0.1) is 11.5 Å². The zero-order valence-electron chi connectivity index (χ0n) is 9.21. The third-order valence-corrected chi connectivity index (χ3v) is 3.53. The first-order valence-corrected chi connectivity index (χ1v) is 5.52. The maximum atomic E-state index is 10.5. The first-order valence-electron chi connectivity index (χ1n) is 5.52. The van der Waals surface area contributed by atoms with E-state index in [0.29, 0.717) is 12.8 Å². The van der Waals surface area contributed by atoms with Crippen LogP contribution in [0.4, 0.5) is 0 Å². The number of aliphatic hydroxyl groups is 1. The Labute approximate surface area is 91.9 Å². The SMILES string of the molecule is C=CC[C@]1(C#N)CCCCC[C@]1(O)C=C. The van der Waals surface area contributed by atoms with Crippen molar-refractivity contribution < 1.29 is 5.11 Å². The van der Waals surface area contributed by atoms with Crippen molar-refractivity contribution in [2.75, 3.05) is 0 Å². The molecular formula is C13H19NO. The molecule has 1 aliphatic rings. The van der Waals surface area contributed by atoms with E-state index in [9.17, 15) is 10.4 Å². The topological polar surface area (TPSA) is 44.0 Å². The minimum atomic E-state index is -1.05. The molecule has 0 saturated heterocycles. The Morgan fingerprint density at radius 1 is 1.27 bits per heavy atom. The van der Waals surface area contributed by atoms with E-state index in [1.54, 1.807) is 12.2 Å². The van der Waals surface area contributed by atoms with Gasteiger partial charge in [-0.15, -0.1) is 13.2 Å². The Kier molecular flexibility index (Phi) is 3.71. The Morgan fingerprint density at radius 2 is 1.93 bits per heavy atom. The molecule has 1 saturated carbocycles. The Hall–Kier alpha value is -1.07. The van der Waals surface area contributed by atoms with E-state index >= 15 is 0 Å². The van der Waals surface area contributed by atoms with Crippen molar-refractivity contribution in [2.24, 2.45) is 5.41 Å². The fourth-order valence-electron chi connectivity index (χ4n) is 2.47. The van der Waals surface area contributed by atoms with Gasteiger partial charge in [-0.1, -0.05) is 31.4 Å². The molecule has 2 atom stereocenters. The highest BCUT2D eigenvalue weighted by Gasteiger charge is 2.48. The molecule has 82 valence electrons. The van der Waals surface area contributed by atoms with E-state index in [-0.39, 0.29) is 0 Å². The molecule has 0 bridgehead atoms. The Bertz CT molecular complexity index is 291. The van der Waals surface area contributed by atoms with Crippen molar-refractivity contribution in [1.29, 1.82) is 5.26 Å². The van der Waals surface area contributed by atoms with Crippen LogP contribution in [-0.4, -0.2) is 10.7 Å². The van der Waals surface area contributed by atoms with E-state index in [1.807, 2.05) is 0 Å². The van der Waals surface area contributed by atoms with Crippen LogP contribution in [0.25, 0.3) is 0 Å². The van der Waals surface area contributed by atoms with Gasteiger partial charge in [0.1, 0.15) is 5.60 Å². The molecular weight excluding hydrogens is 186 g/mol. The maximum absolute atomic E-state index is 10.5. The fraction of sp³-hybridized carbons (Fsp3) is 0.615. The fourth-order valence-corrected chi connectivity index (χ4v) is 2.47. The number of allylic oxidation sites excluding steroid dienone is 1. The Balaban J connectivity index is 3.11. The molecule has 0 aromatic rings. The molecule has 0 spiro atoms. The van der Waals surface area contributed by atoms with E-state index < -0.39 is 11.0 Å². The standard InChI is InChI=1S/C13H19NO/c1-3-8-12(11-14)9-6-5-7-10-13(12,15)4-2/h3-4,15H,1-2,5-10H2/t12-,13-/m1/s1. The second-order valence-corrected chi connectivity index (χ2v) is 4.38. The van der Waals surface area contributed by atoms with Crippen LogP contribution in [0, 0.1) is 16.7 Å². The summed E-state index contributed by atoms with van der Waals surface area (Å²) in [5.74, 6) is 0. The molecule has 0 unspecified atom stereocenters. The minimum Gasteiger partial charge on any atom is -0.384 e. The number of rotatable bonds is 3. The summed E-state index contributed by atoms with van der Waals surface area (Å²) in [6, 6.07) is 2.31. The molecule has 0 aromatic heterocycles. The average Bonchev–Trinajstić information content (AvgIpc) is 2.41. The number of nitriles is 1. The normalized spacial score (nSPS) is 36.3. The largest absolute Gasteiger partial charge is 0.384 e. The summed E-state index contributed by atoms with van der Waals surface area (Å²) < 4.78 is 0. The molecule has 1 fully saturated rings. The van der Waals surface area contributed by atoms with Crippen LogP contribution in [0.1, 0.15) is 38.5 Å². The van der Waals surface area contributed by atoms with Gasteiger partial charge in [0, 0.05) is 0 Å². The lowest BCUT2D eigenvalue weighted by molar-refractivity contribution is -0.0163. The lowest BCUT2D eigenvalue weighted by atomic mass is 9.67. The van der Waals surface area contributed by atoms with Crippen LogP contribution in [-0.2, 0) is 0 Å². The molecule has 0 amide bonds. The van der Waals surface area contributed by atoms with Gasteiger partial charge < -0.3 is 5.11 Å². The van der Waals surface area contributed by atoms with Crippen LogP contribution in [0.3, 0.4) is 0 Å². The van der Waals surface area contributed by atoms with Crippen molar-refractivity contribution in [3.8, 4) is 6.07 Å². The van der Waals surface area contributed by atoms with E-state index in [1.165, 1.54) is 0 Å². The lowest BCUT2D eigenvalue weighted by Gasteiger charge is -2.39. The highest BCUT2D eigenvalue weighted by molar-refractivity contribution is 5.20. The van der Waals surface area contributed by atoms with Crippen molar-refractivity contribution in [3.63, 3.8) is 0 Å². The quantitative estimate of drug-likeness (QED) is 0.568. The molecule has 15 heavy (non-hydrogen) atoms. The minimum absolute atomic E-state index is 0.534. The highest BCUT2D eigenvalue weighted by atomic mass is 16.3. The van der Waals surface area contributed by atoms with Crippen molar-refractivity contribution >= 4 is 0 Å². The Morgan fingerprint density at radius 3 is 2.47 bits per heavy atom. The van der Waals surface area contributed by atoms with E-state index in [4.69, 9.17) is 0 Å². The summed E-state index contributed by atoms with van der Waals surface area (Å²) >= 11 is 0. The van der Waals surface area contributed by atoms with E-state index in [2.05, 4.69) is 19.2 Å². The molecule has 0 radical (unpaired) electrons. The van der Waals surface area contributed by atoms with Crippen molar-refractivity contribution in [1.82, 2.24) is 0 Å². The summed E-state index contributed by atoms with van der Waals surface area (Å²) in [7, 11) is 0. The van der Waals surface area contributed by atoms with Crippen LogP contribution in [0.5, 0.6) is 0 Å². The molecule has 1 N–H and O–H groups in total. The van der Waals surface area contributed by atoms with E-state index in [0.717, 1.165) is 25.7 Å². The van der Waals surface area contributed by atoms with Crippen LogP contribution < -0.4 is 0 Å². The monoisotopic (exact) mass is 205 g/mol. The smallest absolute Gasteiger partial charge is 0.101 e. The summed E-state index contributed by atoms with van der Waals surface area (Å²) in [4.78, 5) is 0. The highest BCUT2D eigenvalue weighted by Crippen LogP contribution is 2.46. The number of nitrogens with zero attached hydrogens (tertiary/aromatic N) is 1. The van der Waals surface area contributed by atoms with Gasteiger partial charge in [0.15, 0.2) is 0 Å². The summed E-state index contributed by atoms with van der Waals surface area (Å²) in [5, 5.41) is 19.9. The summed E-state index contributed by atoms with van der Waals surface area (Å²) in [6.07, 6.45) is 8.22. The number of hydrogen-bond acceptors (Lipinski definition) is 2.